The predicted octanol–water partition coefficient (Wildman–Crippen LogP) is 1.12. The molecule has 1 atom stereocenters. The summed E-state index contributed by atoms with van der Waals surface area (Å²) >= 11 is 1.47. The summed E-state index contributed by atoms with van der Waals surface area (Å²) in [5, 5.41) is 0.710. The smallest absolute Gasteiger partial charge is 0.237 e. The predicted molar refractivity (Wildman–Crippen MR) is 68.5 cm³/mol. The molecule has 5 nitrogen and oxygen atoms in total. The fourth-order valence-corrected chi connectivity index (χ4v) is 2.18. The third-order valence-corrected chi connectivity index (χ3v) is 3.77. The number of carbonyl (C=O) groups excluding carboxylic acids is 1. The minimum Gasteiger partial charge on any atom is -0.294 e. The van der Waals surface area contributed by atoms with Crippen LogP contribution in [0.25, 0.3) is 0 Å². The summed E-state index contributed by atoms with van der Waals surface area (Å²) in [6.45, 7) is 7.75. The van der Waals surface area contributed by atoms with Crippen molar-refractivity contribution in [1.82, 2.24) is 15.4 Å². The van der Waals surface area contributed by atoms with Crippen molar-refractivity contribution in [3.63, 3.8) is 0 Å². The van der Waals surface area contributed by atoms with Gasteiger partial charge in [-0.05, 0) is 26.3 Å². The summed E-state index contributed by atoms with van der Waals surface area (Å²) in [5.41, 5.74) is 5.22. The summed E-state index contributed by atoms with van der Waals surface area (Å²) in [6.07, 6.45) is 0. The third-order valence-electron chi connectivity index (χ3n) is 2.66. The first-order valence-electron chi connectivity index (χ1n) is 5.40. The molecule has 0 aliphatic carbocycles. The Morgan fingerprint density at radius 1 is 1.35 bits per heavy atom. The molecule has 0 radical (unpaired) electrons. The van der Waals surface area contributed by atoms with Gasteiger partial charge in [0.25, 0.3) is 0 Å². The lowest BCUT2D eigenvalue weighted by molar-refractivity contribution is -0.123. The Morgan fingerprint density at radius 3 is 2.35 bits per heavy atom. The van der Waals surface area contributed by atoms with E-state index in [1.54, 1.807) is 0 Å². The SMILES string of the molecule is Cc1nc(SCC(C)C(=O)NN)nc(C)c1C. The highest BCUT2D eigenvalue weighted by Gasteiger charge is 2.13. The maximum Gasteiger partial charge on any atom is 0.237 e. The first kappa shape index (κ1) is 13.9. The minimum atomic E-state index is -0.168. The second kappa shape index (κ2) is 5.97. The lowest BCUT2D eigenvalue weighted by atomic mass is 10.2. The summed E-state index contributed by atoms with van der Waals surface area (Å²) in [5.74, 6) is 5.36. The van der Waals surface area contributed by atoms with Gasteiger partial charge in [0, 0.05) is 23.1 Å². The maximum absolute atomic E-state index is 11.2. The third kappa shape index (κ3) is 3.67. The molecular weight excluding hydrogens is 236 g/mol. The zero-order chi connectivity index (χ0) is 13.0. The highest BCUT2D eigenvalue weighted by atomic mass is 32.2. The fraction of sp³-hybridized carbons (Fsp3) is 0.545. The van der Waals surface area contributed by atoms with Crippen LogP contribution in [-0.4, -0.2) is 21.6 Å². The highest BCUT2D eigenvalue weighted by molar-refractivity contribution is 7.99. The number of aryl methyl sites for hydroxylation is 2. The van der Waals surface area contributed by atoms with Crippen molar-refractivity contribution in [2.45, 2.75) is 32.9 Å². The number of nitrogens with two attached hydrogens (primary N) is 1. The molecule has 0 aliphatic rings. The maximum atomic E-state index is 11.2. The van der Waals surface area contributed by atoms with Crippen LogP contribution in [0.3, 0.4) is 0 Å². The number of nitrogens with zero attached hydrogens (tertiary/aromatic N) is 2. The van der Waals surface area contributed by atoms with Gasteiger partial charge in [0.2, 0.25) is 5.91 Å². The van der Waals surface area contributed by atoms with E-state index >= 15 is 0 Å². The van der Waals surface area contributed by atoms with Crippen molar-refractivity contribution in [2.24, 2.45) is 11.8 Å². The van der Waals surface area contributed by atoms with Gasteiger partial charge in [0.05, 0.1) is 0 Å². The molecule has 0 saturated carbocycles. The van der Waals surface area contributed by atoms with E-state index in [9.17, 15) is 4.79 Å². The number of rotatable bonds is 4. The molecule has 0 spiro atoms. The average molecular weight is 254 g/mol. The molecule has 1 aromatic rings. The quantitative estimate of drug-likeness (QED) is 0.277. The van der Waals surface area contributed by atoms with Crippen LogP contribution in [0, 0.1) is 26.7 Å². The molecule has 1 amide bonds. The van der Waals surface area contributed by atoms with Crippen LogP contribution in [0.15, 0.2) is 5.16 Å². The van der Waals surface area contributed by atoms with Crippen LogP contribution in [0.1, 0.15) is 23.9 Å². The molecule has 1 unspecified atom stereocenters. The Hall–Kier alpha value is -1.14. The Bertz CT molecular complexity index is 399. The van der Waals surface area contributed by atoms with E-state index in [1.165, 1.54) is 11.8 Å². The monoisotopic (exact) mass is 254 g/mol. The van der Waals surface area contributed by atoms with E-state index in [2.05, 4.69) is 15.4 Å². The van der Waals surface area contributed by atoms with Crippen molar-refractivity contribution in [3.05, 3.63) is 17.0 Å². The van der Waals surface area contributed by atoms with Gasteiger partial charge >= 0.3 is 0 Å². The lowest BCUT2D eigenvalue weighted by Crippen LogP contribution is -2.35. The Kier molecular flexibility index (Phi) is 4.89. The van der Waals surface area contributed by atoms with Crippen molar-refractivity contribution < 1.29 is 4.79 Å². The summed E-state index contributed by atoms with van der Waals surface area (Å²) in [4.78, 5) is 20.0. The second-order valence-corrected chi connectivity index (χ2v) is 5.01. The topological polar surface area (TPSA) is 80.9 Å². The molecular formula is C11H18N4OS. The number of hydrazine groups is 1. The summed E-state index contributed by atoms with van der Waals surface area (Å²) < 4.78 is 0. The average Bonchev–Trinajstić information content (AvgIpc) is 2.31. The standard InChI is InChI=1S/C11H18N4OS/c1-6(10(16)15-12)5-17-11-13-8(3)7(2)9(4)14-11/h6H,5,12H2,1-4H3,(H,15,16). The van der Waals surface area contributed by atoms with E-state index in [4.69, 9.17) is 5.84 Å². The molecule has 0 bridgehead atoms. The molecule has 1 aromatic heterocycles. The number of amides is 1. The zero-order valence-electron chi connectivity index (χ0n) is 10.6. The molecule has 0 aliphatic heterocycles. The largest absolute Gasteiger partial charge is 0.294 e. The Balaban J connectivity index is 2.67. The van der Waals surface area contributed by atoms with E-state index in [0.29, 0.717) is 10.9 Å². The summed E-state index contributed by atoms with van der Waals surface area (Å²) in [6, 6.07) is 0. The second-order valence-electron chi connectivity index (χ2n) is 4.02. The molecule has 6 heteroatoms. The number of nitrogens with one attached hydrogen (secondary N) is 1. The number of aromatic nitrogens is 2. The normalized spacial score (nSPS) is 12.3. The molecule has 3 N–H and O–H groups in total. The van der Waals surface area contributed by atoms with Crippen LogP contribution in [0.5, 0.6) is 0 Å². The van der Waals surface area contributed by atoms with E-state index in [-0.39, 0.29) is 11.8 Å². The molecule has 0 fully saturated rings. The number of carbonyl (C=O) groups is 1. The van der Waals surface area contributed by atoms with Crippen molar-refractivity contribution >= 4 is 17.7 Å². The molecule has 1 rings (SSSR count). The van der Waals surface area contributed by atoms with Gasteiger partial charge in [0.1, 0.15) is 0 Å². The van der Waals surface area contributed by atoms with Gasteiger partial charge in [-0.1, -0.05) is 18.7 Å². The van der Waals surface area contributed by atoms with Gasteiger partial charge in [-0.25, -0.2) is 15.8 Å². The fourth-order valence-electron chi connectivity index (χ4n) is 1.22. The lowest BCUT2D eigenvalue weighted by Gasteiger charge is -2.10. The first-order chi connectivity index (χ1) is 7.95. The molecule has 94 valence electrons. The molecule has 0 saturated heterocycles. The summed E-state index contributed by atoms with van der Waals surface area (Å²) in [7, 11) is 0. The number of hydrogen-bond donors (Lipinski definition) is 2. The van der Waals surface area contributed by atoms with Gasteiger partial charge in [-0.2, -0.15) is 0 Å². The Morgan fingerprint density at radius 2 is 1.88 bits per heavy atom. The first-order valence-corrected chi connectivity index (χ1v) is 6.39. The van der Waals surface area contributed by atoms with Crippen molar-refractivity contribution in [2.75, 3.05) is 5.75 Å². The molecule has 0 aromatic carbocycles. The van der Waals surface area contributed by atoms with Crippen LogP contribution in [0.2, 0.25) is 0 Å². The Labute approximate surface area is 106 Å². The van der Waals surface area contributed by atoms with Gasteiger partial charge in [0.15, 0.2) is 5.16 Å². The highest BCUT2D eigenvalue weighted by Crippen LogP contribution is 2.19. The van der Waals surface area contributed by atoms with E-state index in [0.717, 1.165) is 17.0 Å². The van der Waals surface area contributed by atoms with Crippen molar-refractivity contribution in [3.8, 4) is 0 Å². The van der Waals surface area contributed by atoms with Crippen LogP contribution in [-0.2, 0) is 4.79 Å². The van der Waals surface area contributed by atoms with Gasteiger partial charge < -0.3 is 0 Å². The van der Waals surface area contributed by atoms with Crippen molar-refractivity contribution in [1.29, 1.82) is 0 Å². The van der Waals surface area contributed by atoms with E-state index < -0.39 is 0 Å². The van der Waals surface area contributed by atoms with Gasteiger partial charge in [-0.15, -0.1) is 0 Å². The minimum absolute atomic E-state index is 0.157. The number of thioether (sulfide) groups is 1. The van der Waals surface area contributed by atoms with Crippen LogP contribution >= 0.6 is 11.8 Å². The number of hydrogen-bond acceptors (Lipinski definition) is 5. The zero-order valence-corrected chi connectivity index (χ0v) is 11.4. The molecule has 1 heterocycles. The van der Waals surface area contributed by atoms with Crippen LogP contribution in [0.4, 0.5) is 0 Å². The molecule has 17 heavy (non-hydrogen) atoms. The van der Waals surface area contributed by atoms with E-state index in [1.807, 2.05) is 27.7 Å². The van der Waals surface area contributed by atoms with Gasteiger partial charge in [-0.3, -0.25) is 10.2 Å². The van der Waals surface area contributed by atoms with Crippen LogP contribution < -0.4 is 11.3 Å².